The Morgan fingerprint density at radius 2 is 1.92 bits per heavy atom. The van der Waals surface area contributed by atoms with Gasteiger partial charge in [0.05, 0.1) is 18.7 Å². The minimum Gasteiger partial charge on any atom is -0.494 e. The normalized spacial score (nSPS) is 14.5. The van der Waals surface area contributed by atoms with Crippen molar-refractivity contribution in [2.24, 2.45) is 0 Å². The fourth-order valence-electron chi connectivity index (χ4n) is 4.53. The number of unbranched alkanes of at least 4 members (excludes halogenated alkanes) is 1. The first-order valence-corrected chi connectivity index (χ1v) is 14.6. The standard InChI is InChI=1S/C29H33NO4S2/c1-19-13-23(33-11-4-5-12-35-3)14-20(2)29(19)25-7-6-8-27(30-25)34-17-21-9-10-24-22(16-28(31)32)18-36-26(24)15-21/h6-10,13-15,22H,4-5,11-12,16-18H2,1-3H3,(H,31,32). The average Bonchev–Trinajstić information content (AvgIpc) is 3.24. The smallest absolute Gasteiger partial charge is 0.303 e. The van der Waals surface area contributed by atoms with E-state index in [-0.39, 0.29) is 12.3 Å². The van der Waals surface area contributed by atoms with E-state index >= 15 is 0 Å². The summed E-state index contributed by atoms with van der Waals surface area (Å²) in [6, 6.07) is 16.2. The largest absolute Gasteiger partial charge is 0.494 e. The second-order valence-electron chi connectivity index (χ2n) is 9.11. The first-order chi connectivity index (χ1) is 17.4. The molecule has 0 aliphatic carbocycles. The zero-order valence-electron chi connectivity index (χ0n) is 21.1. The molecular weight excluding hydrogens is 490 g/mol. The van der Waals surface area contributed by atoms with Gasteiger partial charge < -0.3 is 14.6 Å². The van der Waals surface area contributed by atoms with Crippen LogP contribution in [-0.4, -0.2) is 40.4 Å². The Balaban J connectivity index is 1.41. The fourth-order valence-corrected chi connectivity index (χ4v) is 6.34. The van der Waals surface area contributed by atoms with E-state index in [0.29, 0.717) is 12.5 Å². The lowest BCUT2D eigenvalue weighted by atomic mass is 9.97. The number of nitrogens with zero attached hydrogens (tertiary/aromatic N) is 1. The molecule has 36 heavy (non-hydrogen) atoms. The van der Waals surface area contributed by atoms with Crippen LogP contribution in [0.4, 0.5) is 0 Å². The van der Waals surface area contributed by atoms with Crippen LogP contribution in [0.3, 0.4) is 0 Å². The number of hydrogen-bond donors (Lipinski definition) is 1. The van der Waals surface area contributed by atoms with Gasteiger partial charge in [-0.25, -0.2) is 4.98 Å². The molecule has 0 fully saturated rings. The molecule has 4 rings (SSSR count). The van der Waals surface area contributed by atoms with Gasteiger partial charge in [0.1, 0.15) is 12.4 Å². The van der Waals surface area contributed by atoms with Gasteiger partial charge in [0.15, 0.2) is 0 Å². The topological polar surface area (TPSA) is 68.7 Å². The minimum absolute atomic E-state index is 0.0826. The van der Waals surface area contributed by atoms with Crippen LogP contribution >= 0.6 is 23.5 Å². The molecule has 0 saturated heterocycles. The maximum atomic E-state index is 11.1. The number of fused-ring (bicyclic) bond motifs is 1. The van der Waals surface area contributed by atoms with Gasteiger partial charge in [-0.05, 0) is 85.2 Å². The molecule has 1 aliphatic heterocycles. The molecular formula is C29H33NO4S2. The summed E-state index contributed by atoms with van der Waals surface area (Å²) in [6.07, 6.45) is 4.54. The van der Waals surface area contributed by atoms with Crippen LogP contribution in [0.5, 0.6) is 11.6 Å². The van der Waals surface area contributed by atoms with Crippen LogP contribution in [0.2, 0.25) is 0 Å². The van der Waals surface area contributed by atoms with Crippen molar-refractivity contribution in [1.82, 2.24) is 4.98 Å². The van der Waals surface area contributed by atoms with Crippen LogP contribution in [0.25, 0.3) is 11.3 Å². The van der Waals surface area contributed by atoms with Crippen molar-refractivity contribution < 1.29 is 19.4 Å². The molecule has 7 heteroatoms. The number of thioether (sulfide) groups is 2. The second kappa shape index (κ2) is 12.5. The van der Waals surface area contributed by atoms with Gasteiger partial charge in [-0.3, -0.25) is 4.79 Å². The van der Waals surface area contributed by atoms with Crippen LogP contribution < -0.4 is 9.47 Å². The van der Waals surface area contributed by atoms with Gasteiger partial charge in [-0.1, -0.05) is 18.2 Å². The second-order valence-corrected chi connectivity index (χ2v) is 11.2. The summed E-state index contributed by atoms with van der Waals surface area (Å²) < 4.78 is 12.0. The molecule has 0 radical (unpaired) electrons. The lowest BCUT2D eigenvalue weighted by Crippen LogP contribution is -2.05. The summed E-state index contributed by atoms with van der Waals surface area (Å²) in [6.45, 7) is 5.34. The van der Waals surface area contributed by atoms with E-state index in [0.717, 1.165) is 62.9 Å². The number of aromatic nitrogens is 1. The zero-order chi connectivity index (χ0) is 25.5. The number of carboxylic acids is 1. The van der Waals surface area contributed by atoms with E-state index in [2.05, 4.69) is 38.3 Å². The summed E-state index contributed by atoms with van der Waals surface area (Å²) >= 11 is 3.59. The molecule has 190 valence electrons. The van der Waals surface area contributed by atoms with Gasteiger partial charge in [0.2, 0.25) is 5.88 Å². The van der Waals surface area contributed by atoms with Gasteiger partial charge in [0, 0.05) is 28.2 Å². The molecule has 0 saturated carbocycles. The van der Waals surface area contributed by atoms with Gasteiger partial charge in [-0.2, -0.15) is 11.8 Å². The molecule has 0 amide bonds. The number of carboxylic acid groups (broad SMARTS) is 1. The van der Waals surface area contributed by atoms with Crippen molar-refractivity contribution in [3.8, 4) is 22.9 Å². The van der Waals surface area contributed by atoms with Crippen molar-refractivity contribution in [3.05, 3.63) is 70.8 Å². The third kappa shape index (κ3) is 6.77. The van der Waals surface area contributed by atoms with E-state index in [4.69, 9.17) is 19.6 Å². The Bertz CT molecular complexity index is 1190. The molecule has 1 atom stereocenters. The van der Waals surface area contributed by atoms with Crippen molar-refractivity contribution in [3.63, 3.8) is 0 Å². The Hall–Kier alpha value is -2.64. The third-order valence-electron chi connectivity index (χ3n) is 6.26. The first-order valence-electron chi connectivity index (χ1n) is 12.2. The highest BCUT2D eigenvalue weighted by molar-refractivity contribution is 7.99. The SMILES string of the molecule is CSCCCCOc1cc(C)c(-c2cccc(OCc3ccc4c(c3)SCC4CC(=O)O)n2)c(C)c1. The Kier molecular flexibility index (Phi) is 9.21. The lowest BCUT2D eigenvalue weighted by molar-refractivity contribution is -0.137. The number of benzene rings is 2. The molecule has 2 heterocycles. The molecule has 5 nitrogen and oxygen atoms in total. The Morgan fingerprint density at radius 3 is 2.67 bits per heavy atom. The predicted octanol–water partition coefficient (Wildman–Crippen LogP) is 7.13. The van der Waals surface area contributed by atoms with Crippen molar-refractivity contribution in [2.75, 3.05) is 24.4 Å². The Labute approximate surface area is 222 Å². The van der Waals surface area contributed by atoms with E-state index < -0.39 is 5.97 Å². The van der Waals surface area contributed by atoms with E-state index in [1.807, 2.05) is 42.1 Å². The van der Waals surface area contributed by atoms with Crippen molar-refractivity contribution >= 4 is 29.5 Å². The average molecular weight is 524 g/mol. The first kappa shape index (κ1) is 26.4. The quantitative estimate of drug-likeness (QED) is 0.253. The number of aryl methyl sites for hydroxylation is 2. The summed E-state index contributed by atoms with van der Waals surface area (Å²) in [7, 11) is 0. The van der Waals surface area contributed by atoms with E-state index in [1.54, 1.807) is 11.8 Å². The molecule has 1 aliphatic rings. The van der Waals surface area contributed by atoms with Crippen LogP contribution in [0.1, 0.15) is 47.4 Å². The van der Waals surface area contributed by atoms with Crippen molar-refractivity contribution in [2.45, 2.75) is 50.5 Å². The number of hydrogen-bond acceptors (Lipinski definition) is 6. The maximum absolute atomic E-state index is 11.1. The highest BCUT2D eigenvalue weighted by Gasteiger charge is 2.25. The molecule has 1 unspecified atom stereocenters. The molecule has 0 bridgehead atoms. The van der Waals surface area contributed by atoms with E-state index in [1.165, 1.54) is 12.2 Å². The number of carbonyl (C=O) groups is 1. The van der Waals surface area contributed by atoms with Crippen LogP contribution in [0, 0.1) is 13.8 Å². The number of aliphatic carboxylic acids is 1. The summed E-state index contributed by atoms with van der Waals surface area (Å²) in [5.41, 5.74) is 6.43. The van der Waals surface area contributed by atoms with Crippen LogP contribution in [-0.2, 0) is 11.4 Å². The lowest BCUT2D eigenvalue weighted by Gasteiger charge is -2.14. The zero-order valence-corrected chi connectivity index (χ0v) is 22.7. The highest BCUT2D eigenvalue weighted by atomic mass is 32.2. The molecule has 0 spiro atoms. The predicted molar refractivity (Wildman–Crippen MR) is 149 cm³/mol. The van der Waals surface area contributed by atoms with Gasteiger partial charge in [0.25, 0.3) is 0 Å². The summed E-state index contributed by atoms with van der Waals surface area (Å²) in [5, 5.41) is 9.13. The van der Waals surface area contributed by atoms with Crippen molar-refractivity contribution in [1.29, 1.82) is 0 Å². The number of rotatable bonds is 12. The van der Waals surface area contributed by atoms with E-state index in [9.17, 15) is 4.79 Å². The minimum atomic E-state index is -0.749. The highest BCUT2D eigenvalue weighted by Crippen LogP contribution is 2.41. The number of ether oxygens (including phenoxy) is 2. The third-order valence-corrected chi connectivity index (χ3v) is 8.19. The molecule has 1 N–H and O–H groups in total. The Morgan fingerprint density at radius 1 is 1.11 bits per heavy atom. The monoisotopic (exact) mass is 523 g/mol. The molecule has 1 aromatic heterocycles. The fraction of sp³-hybridized carbons (Fsp3) is 0.379. The molecule has 2 aromatic carbocycles. The van der Waals surface area contributed by atoms with Crippen LogP contribution in [0.15, 0.2) is 53.4 Å². The van der Waals surface area contributed by atoms with Gasteiger partial charge in [-0.15, -0.1) is 11.8 Å². The summed E-state index contributed by atoms with van der Waals surface area (Å²) in [4.78, 5) is 17.1. The number of pyridine rings is 1. The summed E-state index contributed by atoms with van der Waals surface area (Å²) in [5.74, 6) is 2.81. The molecule has 3 aromatic rings. The van der Waals surface area contributed by atoms with Gasteiger partial charge >= 0.3 is 5.97 Å². The maximum Gasteiger partial charge on any atom is 0.303 e.